The number of aromatic amines is 1. The van der Waals surface area contributed by atoms with E-state index in [9.17, 15) is 4.79 Å². The van der Waals surface area contributed by atoms with Gasteiger partial charge in [0, 0.05) is 30.9 Å². The van der Waals surface area contributed by atoms with Crippen molar-refractivity contribution in [3.8, 4) is 0 Å². The summed E-state index contributed by atoms with van der Waals surface area (Å²) in [5.41, 5.74) is 4.51. The van der Waals surface area contributed by atoms with Crippen molar-refractivity contribution in [3.63, 3.8) is 0 Å². The van der Waals surface area contributed by atoms with Gasteiger partial charge in [0.25, 0.3) is 0 Å². The van der Waals surface area contributed by atoms with Crippen LogP contribution in [0.5, 0.6) is 0 Å². The first kappa shape index (κ1) is 17.7. The predicted molar refractivity (Wildman–Crippen MR) is 96.5 cm³/mol. The minimum absolute atomic E-state index is 0.0112. The molecule has 1 aliphatic heterocycles. The Labute approximate surface area is 148 Å². The number of hydrogen-bond acceptors (Lipinski definition) is 4. The summed E-state index contributed by atoms with van der Waals surface area (Å²) in [6, 6.07) is 2.04. The largest absolute Gasteiger partial charge is 0.354 e. The molecule has 1 amide bonds. The lowest BCUT2D eigenvalue weighted by Gasteiger charge is -2.20. The topological polar surface area (TPSA) is 87.6 Å². The van der Waals surface area contributed by atoms with Crippen LogP contribution in [0.3, 0.4) is 0 Å². The molecule has 1 saturated heterocycles. The van der Waals surface area contributed by atoms with Gasteiger partial charge < -0.3 is 10.6 Å². The molecule has 0 saturated carbocycles. The fourth-order valence-corrected chi connectivity index (χ4v) is 3.43. The number of nitrogens with one attached hydrogen (secondary N) is 3. The minimum Gasteiger partial charge on any atom is -0.354 e. The smallest absolute Gasteiger partial charge is 0.241 e. The first-order valence-electron chi connectivity index (χ1n) is 9.14. The van der Waals surface area contributed by atoms with Crippen LogP contribution in [-0.4, -0.2) is 45.5 Å². The molecule has 7 heteroatoms. The molecule has 2 aromatic heterocycles. The van der Waals surface area contributed by atoms with Gasteiger partial charge in [0.1, 0.15) is 6.54 Å². The van der Waals surface area contributed by atoms with Gasteiger partial charge in [0.15, 0.2) is 0 Å². The van der Waals surface area contributed by atoms with E-state index in [2.05, 4.69) is 25.9 Å². The van der Waals surface area contributed by atoms with Crippen molar-refractivity contribution < 1.29 is 4.79 Å². The lowest BCUT2D eigenvalue weighted by atomic mass is 9.97. The second kappa shape index (κ2) is 8.29. The molecule has 0 radical (unpaired) electrons. The SMILES string of the molecule is Cc1n[nH]c(C)c1CCCNC(=O)Cn1ccc(C2CCCNC2)n1. The van der Waals surface area contributed by atoms with Crippen molar-refractivity contribution in [2.75, 3.05) is 19.6 Å². The molecule has 1 fully saturated rings. The third kappa shape index (κ3) is 4.69. The second-order valence-electron chi connectivity index (χ2n) is 6.85. The minimum atomic E-state index is 0.0112. The fourth-order valence-electron chi connectivity index (χ4n) is 3.43. The van der Waals surface area contributed by atoms with E-state index in [1.807, 2.05) is 26.1 Å². The number of aromatic nitrogens is 4. The third-order valence-electron chi connectivity index (χ3n) is 4.89. The maximum Gasteiger partial charge on any atom is 0.241 e. The van der Waals surface area contributed by atoms with Crippen LogP contribution in [0.15, 0.2) is 12.3 Å². The summed E-state index contributed by atoms with van der Waals surface area (Å²) in [6.07, 6.45) is 6.10. The van der Waals surface area contributed by atoms with E-state index in [-0.39, 0.29) is 12.5 Å². The van der Waals surface area contributed by atoms with Crippen LogP contribution >= 0.6 is 0 Å². The van der Waals surface area contributed by atoms with Gasteiger partial charge in [0.2, 0.25) is 5.91 Å². The van der Waals surface area contributed by atoms with Gasteiger partial charge in [-0.3, -0.25) is 14.6 Å². The van der Waals surface area contributed by atoms with E-state index < -0.39 is 0 Å². The van der Waals surface area contributed by atoms with Crippen LogP contribution in [0.2, 0.25) is 0 Å². The van der Waals surface area contributed by atoms with Crippen LogP contribution in [0.4, 0.5) is 0 Å². The number of aryl methyl sites for hydroxylation is 2. The maximum absolute atomic E-state index is 12.1. The molecule has 3 heterocycles. The van der Waals surface area contributed by atoms with E-state index in [4.69, 9.17) is 0 Å². The lowest BCUT2D eigenvalue weighted by molar-refractivity contribution is -0.121. The quantitative estimate of drug-likeness (QED) is 0.663. The van der Waals surface area contributed by atoms with Crippen molar-refractivity contribution in [3.05, 3.63) is 34.9 Å². The van der Waals surface area contributed by atoms with Gasteiger partial charge in [-0.2, -0.15) is 10.2 Å². The van der Waals surface area contributed by atoms with Gasteiger partial charge in [0.05, 0.1) is 11.4 Å². The molecule has 0 aromatic carbocycles. The van der Waals surface area contributed by atoms with Gasteiger partial charge in [-0.05, 0) is 57.7 Å². The Bertz CT molecular complexity index is 679. The molecule has 1 aliphatic rings. The highest BCUT2D eigenvalue weighted by Gasteiger charge is 2.17. The first-order chi connectivity index (χ1) is 12.1. The summed E-state index contributed by atoms with van der Waals surface area (Å²) in [5, 5.41) is 18.1. The number of carbonyl (C=O) groups excluding carboxylic acids is 1. The standard InChI is InChI=1S/C18H28N6O/c1-13-16(14(2)22-21-13)6-4-9-20-18(25)12-24-10-7-17(23-24)15-5-3-8-19-11-15/h7,10,15,19H,3-6,8-9,11-12H2,1-2H3,(H,20,25)(H,21,22). The Morgan fingerprint density at radius 2 is 2.32 bits per heavy atom. The molecular formula is C18H28N6O. The molecular weight excluding hydrogens is 316 g/mol. The lowest BCUT2D eigenvalue weighted by Crippen LogP contribution is -2.30. The number of amides is 1. The number of piperidine rings is 1. The zero-order valence-electron chi connectivity index (χ0n) is 15.1. The Kier molecular flexibility index (Phi) is 5.86. The third-order valence-corrected chi connectivity index (χ3v) is 4.89. The van der Waals surface area contributed by atoms with E-state index in [0.717, 1.165) is 43.0 Å². The molecule has 2 aromatic rings. The van der Waals surface area contributed by atoms with Crippen molar-refractivity contribution in [2.24, 2.45) is 0 Å². The van der Waals surface area contributed by atoms with E-state index in [1.165, 1.54) is 18.4 Å². The monoisotopic (exact) mass is 344 g/mol. The normalized spacial score (nSPS) is 17.6. The molecule has 25 heavy (non-hydrogen) atoms. The molecule has 0 aliphatic carbocycles. The molecule has 1 unspecified atom stereocenters. The maximum atomic E-state index is 12.1. The molecule has 136 valence electrons. The van der Waals surface area contributed by atoms with Crippen LogP contribution in [0, 0.1) is 13.8 Å². The molecule has 1 atom stereocenters. The summed E-state index contributed by atoms with van der Waals surface area (Å²) >= 11 is 0. The zero-order chi connectivity index (χ0) is 17.6. The number of hydrogen-bond donors (Lipinski definition) is 3. The molecule has 7 nitrogen and oxygen atoms in total. The summed E-state index contributed by atoms with van der Waals surface area (Å²) in [7, 11) is 0. The van der Waals surface area contributed by atoms with Gasteiger partial charge in [-0.15, -0.1) is 0 Å². The summed E-state index contributed by atoms with van der Waals surface area (Å²) in [4.78, 5) is 12.1. The van der Waals surface area contributed by atoms with Crippen molar-refractivity contribution in [1.29, 1.82) is 0 Å². The van der Waals surface area contributed by atoms with E-state index >= 15 is 0 Å². The Morgan fingerprint density at radius 3 is 3.04 bits per heavy atom. The Balaban J connectivity index is 1.40. The van der Waals surface area contributed by atoms with Gasteiger partial charge in [-0.1, -0.05) is 0 Å². The average Bonchev–Trinajstić information content (AvgIpc) is 3.20. The average molecular weight is 344 g/mol. The van der Waals surface area contributed by atoms with Crippen molar-refractivity contribution >= 4 is 5.91 Å². The van der Waals surface area contributed by atoms with Crippen LogP contribution < -0.4 is 10.6 Å². The highest BCUT2D eigenvalue weighted by Crippen LogP contribution is 2.21. The second-order valence-corrected chi connectivity index (χ2v) is 6.85. The molecule has 3 rings (SSSR count). The zero-order valence-corrected chi connectivity index (χ0v) is 15.1. The predicted octanol–water partition coefficient (Wildman–Crippen LogP) is 1.44. The number of nitrogens with zero attached hydrogens (tertiary/aromatic N) is 3. The van der Waals surface area contributed by atoms with Gasteiger partial charge in [-0.25, -0.2) is 0 Å². The number of carbonyl (C=O) groups is 1. The van der Waals surface area contributed by atoms with Crippen molar-refractivity contribution in [2.45, 2.75) is 52.0 Å². The summed E-state index contributed by atoms with van der Waals surface area (Å²) in [6.45, 7) is 7.07. The summed E-state index contributed by atoms with van der Waals surface area (Å²) < 4.78 is 1.74. The van der Waals surface area contributed by atoms with Crippen LogP contribution in [0.25, 0.3) is 0 Å². The molecule has 0 spiro atoms. The van der Waals surface area contributed by atoms with Crippen LogP contribution in [-0.2, 0) is 17.8 Å². The highest BCUT2D eigenvalue weighted by atomic mass is 16.2. The summed E-state index contributed by atoms with van der Waals surface area (Å²) in [5.74, 6) is 0.483. The Morgan fingerprint density at radius 1 is 1.44 bits per heavy atom. The van der Waals surface area contributed by atoms with E-state index in [0.29, 0.717) is 12.5 Å². The molecule has 3 N–H and O–H groups in total. The first-order valence-corrected chi connectivity index (χ1v) is 9.14. The number of H-pyrrole nitrogens is 1. The highest BCUT2D eigenvalue weighted by molar-refractivity contribution is 5.75. The fraction of sp³-hybridized carbons (Fsp3) is 0.611. The van der Waals surface area contributed by atoms with Gasteiger partial charge >= 0.3 is 0 Å². The Hall–Kier alpha value is -2.15. The van der Waals surface area contributed by atoms with Crippen LogP contribution in [0.1, 0.15) is 47.8 Å². The number of rotatable bonds is 7. The van der Waals surface area contributed by atoms with E-state index in [1.54, 1.807) is 4.68 Å². The molecule has 0 bridgehead atoms. The van der Waals surface area contributed by atoms with Crippen molar-refractivity contribution in [1.82, 2.24) is 30.6 Å².